The van der Waals surface area contributed by atoms with Crippen LogP contribution in [0.15, 0.2) is 30.5 Å². The molecule has 0 spiro atoms. The molecule has 1 aromatic heterocycles. The smallest absolute Gasteiger partial charge is 0.243 e. The summed E-state index contributed by atoms with van der Waals surface area (Å²) in [6, 6.07) is 7.05. The summed E-state index contributed by atoms with van der Waals surface area (Å²) in [5.41, 5.74) is 2.08. The van der Waals surface area contributed by atoms with Gasteiger partial charge in [0.25, 0.3) is 0 Å². The maximum Gasteiger partial charge on any atom is 0.243 e. The van der Waals surface area contributed by atoms with Crippen LogP contribution in [0.4, 0.5) is 0 Å². The van der Waals surface area contributed by atoms with Crippen LogP contribution in [-0.2, 0) is 9.59 Å². The lowest BCUT2D eigenvalue weighted by Gasteiger charge is -2.32. The molecule has 2 aromatic rings. The van der Waals surface area contributed by atoms with E-state index in [1.165, 1.54) is 0 Å². The second-order valence-electron chi connectivity index (χ2n) is 5.91. The van der Waals surface area contributed by atoms with Gasteiger partial charge in [0.15, 0.2) is 0 Å². The van der Waals surface area contributed by atoms with E-state index in [1.54, 1.807) is 0 Å². The van der Waals surface area contributed by atoms with Gasteiger partial charge in [0.2, 0.25) is 11.8 Å². The predicted molar refractivity (Wildman–Crippen MR) is 85.5 cm³/mol. The van der Waals surface area contributed by atoms with Crippen molar-refractivity contribution in [2.75, 3.05) is 0 Å². The number of benzene rings is 1. The molecule has 5 heteroatoms. The molecule has 116 valence electrons. The lowest BCUT2D eigenvalue weighted by Crippen LogP contribution is -2.62. The maximum absolute atomic E-state index is 12.4. The molecule has 3 N–H and O–H groups in total. The first-order valence-electron chi connectivity index (χ1n) is 7.78. The summed E-state index contributed by atoms with van der Waals surface area (Å²) in [5, 5.41) is 6.83. The van der Waals surface area contributed by atoms with Crippen LogP contribution in [0.2, 0.25) is 0 Å². The van der Waals surface area contributed by atoms with Gasteiger partial charge in [0.05, 0.1) is 0 Å². The molecule has 0 aliphatic carbocycles. The second-order valence-corrected chi connectivity index (χ2v) is 5.91. The van der Waals surface area contributed by atoms with E-state index in [9.17, 15) is 9.59 Å². The van der Waals surface area contributed by atoms with Gasteiger partial charge < -0.3 is 15.6 Å². The third-order valence-electron chi connectivity index (χ3n) is 4.40. The molecule has 0 radical (unpaired) electrons. The standard InChI is InChI=1S/C17H21N3O2/c1-3-6-14-16(21)20-15(17(22)19-14)10(2)12-9-18-13-8-5-4-7-11(12)13/h4-5,7-10,14-15,18H,3,6H2,1-2H3,(H,19,22)(H,20,21)/t10?,14-,15-/m1/s1. The van der Waals surface area contributed by atoms with Gasteiger partial charge in [-0.25, -0.2) is 0 Å². The molecule has 5 nitrogen and oxygen atoms in total. The number of rotatable bonds is 4. The average molecular weight is 299 g/mol. The van der Waals surface area contributed by atoms with Gasteiger partial charge in [-0.05, 0) is 18.1 Å². The van der Waals surface area contributed by atoms with Crippen molar-refractivity contribution >= 4 is 22.7 Å². The van der Waals surface area contributed by atoms with Crippen molar-refractivity contribution in [3.05, 3.63) is 36.0 Å². The topological polar surface area (TPSA) is 74.0 Å². The Morgan fingerprint density at radius 1 is 1.14 bits per heavy atom. The molecule has 0 bridgehead atoms. The number of amides is 2. The fourth-order valence-corrected chi connectivity index (χ4v) is 3.14. The normalized spacial score (nSPS) is 23.2. The molecule has 1 saturated heterocycles. The van der Waals surface area contributed by atoms with Crippen LogP contribution in [0.3, 0.4) is 0 Å². The van der Waals surface area contributed by atoms with Gasteiger partial charge in [-0.3, -0.25) is 9.59 Å². The fourth-order valence-electron chi connectivity index (χ4n) is 3.14. The third kappa shape index (κ3) is 2.47. The number of H-pyrrole nitrogens is 1. The molecule has 1 aromatic carbocycles. The van der Waals surface area contributed by atoms with Crippen LogP contribution in [0.1, 0.15) is 38.2 Å². The van der Waals surface area contributed by atoms with Crippen molar-refractivity contribution < 1.29 is 9.59 Å². The zero-order chi connectivity index (χ0) is 15.7. The number of aromatic nitrogens is 1. The SMILES string of the molecule is CCC[C@H]1NC(=O)[C@@H](C(C)c2c[nH]c3ccccc23)NC1=O. The Balaban J connectivity index is 1.85. The number of para-hydroxylation sites is 1. The van der Waals surface area contributed by atoms with E-state index in [2.05, 4.69) is 15.6 Å². The molecular weight excluding hydrogens is 278 g/mol. The highest BCUT2D eigenvalue weighted by molar-refractivity contribution is 5.98. The van der Waals surface area contributed by atoms with Gasteiger partial charge in [0.1, 0.15) is 12.1 Å². The Bertz CT molecular complexity index is 707. The first kappa shape index (κ1) is 14.6. The minimum absolute atomic E-state index is 0.0851. The average Bonchev–Trinajstić information content (AvgIpc) is 2.94. The van der Waals surface area contributed by atoms with Gasteiger partial charge in [-0.2, -0.15) is 0 Å². The summed E-state index contributed by atoms with van der Waals surface area (Å²) in [6.07, 6.45) is 3.46. The first-order chi connectivity index (χ1) is 10.6. The van der Waals surface area contributed by atoms with E-state index in [0.717, 1.165) is 22.9 Å². The minimum atomic E-state index is -0.528. The van der Waals surface area contributed by atoms with Crippen molar-refractivity contribution in [1.82, 2.24) is 15.6 Å². The summed E-state index contributed by atoms with van der Waals surface area (Å²) in [5.74, 6) is -0.281. The van der Waals surface area contributed by atoms with Crippen LogP contribution < -0.4 is 10.6 Å². The molecule has 3 rings (SSSR count). The monoisotopic (exact) mass is 299 g/mol. The molecule has 1 fully saturated rings. The minimum Gasteiger partial charge on any atom is -0.361 e. The quantitative estimate of drug-likeness (QED) is 0.808. The number of nitrogens with one attached hydrogen (secondary N) is 3. The van der Waals surface area contributed by atoms with Crippen molar-refractivity contribution in [1.29, 1.82) is 0 Å². The Labute approximate surface area is 129 Å². The van der Waals surface area contributed by atoms with E-state index in [0.29, 0.717) is 6.42 Å². The maximum atomic E-state index is 12.4. The zero-order valence-corrected chi connectivity index (χ0v) is 12.8. The predicted octanol–water partition coefficient (Wildman–Crippen LogP) is 2.05. The number of piperazine rings is 1. The Morgan fingerprint density at radius 3 is 2.68 bits per heavy atom. The summed E-state index contributed by atoms with van der Waals surface area (Å²) >= 11 is 0. The molecule has 1 aliphatic heterocycles. The summed E-state index contributed by atoms with van der Waals surface area (Å²) in [4.78, 5) is 27.7. The van der Waals surface area contributed by atoms with E-state index in [4.69, 9.17) is 0 Å². The molecule has 0 saturated carbocycles. The largest absolute Gasteiger partial charge is 0.361 e. The zero-order valence-electron chi connectivity index (χ0n) is 12.8. The molecule has 2 amide bonds. The van der Waals surface area contributed by atoms with Gasteiger partial charge in [-0.1, -0.05) is 38.5 Å². The Hall–Kier alpha value is -2.30. The Kier molecular flexibility index (Phi) is 3.88. The molecule has 2 heterocycles. The number of hydrogen-bond acceptors (Lipinski definition) is 2. The highest BCUT2D eigenvalue weighted by atomic mass is 16.2. The van der Waals surface area contributed by atoms with Crippen LogP contribution >= 0.6 is 0 Å². The number of hydrogen-bond donors (Lipinski definition) is 3. The van der Waals surface area contributed by atoms with Crippen molar-refractivity contribution in [3.8, 4) is 0 Å². The van der Waals surface area contributed by atoms with Crippen LogP contribution in [0.5, 0.6) is 0 Å². The second kappa shape index (κ2) is 5.83. The molecule has 3 atom stereocenters. The molecule has 1 unspecified atom stereocenters. The summed E-state index contributed by atoms with van der Waals surface area (Å²) in [6.45, 7) is 3.97. The highest BCUT2D eigenvalue weighted by Gasteiger charge is 2.37. The van der Waals surface area contributed by atoms with E-state index in [-0.39, 0.29) is 17.7 Å². The number of carbonyl (C=O) groups is 2. The van der Waals surface area contributed by atoms with E-state index >= 15 is 0 Å². The Morgan fingerprint density at radius 2 is 1.91 bits per heavy atom. The number of carbonyl (C=O) groups excluding carboxylic acids is 2. The van der Waals surface area contributed by atoms with Gasteiger partial charge >= 0.3 is 0 Å². The van der Waals surface area contributed by atoms with Gasteiger partial charge in [0, 0.05) is 23.0 Å². The molecular formula is C17H21N3O2. The number of fused-ring (bicyclic) bond motifs is 1. The van der Waals surface area contributed by atoms with Crippen molar-refractivity contribution in [3.63, 3.8) is 0 Å². The summed E-state index contributed by atoms with van der Waals surface area (Å²) < 4.78 is 0. The number of aromatic amines is 1. The van der Waals surface area contributed by atoms with E-state index < -0.39 is 12.1 Å². The van der Waals surface area contributed by atoms with Crippen LogP contribution in [0.25, 0.3) is 10.9 Å². The lowest BCUT2D eigenvalue weighted by molar-refractivity contribution is -0.137. The van der Waals surface area contributed by atoms with Crippen LogP contribution in [0, 0.1) is 0 Å². The van der Waals surface area contributed by atoms with E-state index in [1.807, 2.05) is 44.3 Å². The van der Waals surface area contributed by atoms with Crippen molar-refractivity contribution in [2.45, 2.75) is 44.7 Å². The van der Waals surface area contributed by atoms with Crippen LogP contribution in [-0.4, -0.2) is 28.9 Å². The fraction of sp³-hybridized carbons (Fsp3) is 0.412. The first-order valence-corrected chi connectivity index (χ1v) is 7.78. The molecule has 22 heavy (non-hydrogen) atoms. The van der Waals surface area contributed by atoms with Gasteiger partial charge in [-0.15, -0.1) is 0 Å². The third-order valence-corrected chi connectivity index (χ3v) is 4.40. The molecule has 1 aliphatic rings. The van der Waals surface area contributed by atoms with Crippen molar-refractivity contribution in [2.24, 2.45) is 0 Å². The lowest BCUT2D eigenvalue weighted by atomic mass is 9.90. The highest BCUT2D eigenvalue weighted by Crippen LogP contribution is 2.28. The summed E-state index contributed by atoms with van der Waals surface area (Å²) in [7, 11) is 0.